The summed E-state index contributed by atoms with van der Waals surface area (Å²) in [4.78, 5) is 8.88. The number of benzene rings is 1. The largest absolute Gasteiger partial charge is 0.365 e. The van der Waals surface area contributed by atoms with Crippen LogP contribution in [0.4, 0.5) is 5.82 Å². The van der Waals surface area contributed by atoms with Gasteiger partial charge < -0.3 is 5.32 Å². The molecule has 3 heterocycles. The maximum Gasteiger partial charge on any atom is 0.174 e. The number of hydrogen-bond acceptors (Lipinski definition) is 5. The minimum Gasteiger partial charge on any atom is -0.365 e. The standard InChI is InChI=1S/C20H21N7/c1-15-8-16(2)27(25-15)20-12-21-11-19(24-20)22-9-18-10-23-26(14-18)13-17-6-4-3-5-7-17/h3-8,10-12,14H,9,13H2,1-2H3,(H,22,24). The maximum atomic E-state index is 4.61. The van der Waals surface area contributed by atoms with Crippen LogP contribution in [0, 0.1) is 13.8 Å². The molecule has 4 rings (SSSR count). The van der Waals surface area contributed by atoms with Gasteiger partial charge in [0.1, 0.15) is 5.82 Å². The third-order valence-electron chi connectivity index (χ3n) is 4.20. The Hall–Kier alpha value is -3.48. The first-order valence-corrected chi connectivity index (χ1v) is 8.82. The maximum absolute atomic E-state index is 4.61. The van der Waals surface area contributed by atoms with Crippen molar-refractivity contribution in [1.29, 1.82) is 0 Å². The fraction of sp³-hybridized carbons (Fsp3) is 0.200. The molecule has 7 nitrogen and oxygen atoms in total. The molecule has 0 bridgehead atoms. The topological polar surface area (TPSA) is 73.5 Å². The van der Waals surface area contributed by atoms with Crippen LogP contribution in [-0.2, 0) is 13.1 Å². The van der Waals surface area contributed by atoms with Crippen molar-refractivity contribution in [3.63, 3.8) is 0 Å². The predicted octanol–water partition coefficient (Wildman–Crippen LogP) is 3.14. The van der Waals surface area contributed by atoms with Crippen molar-refractivity contribution in [1.82, 2.24) is 29.5 Å². The van der Waals surface area contributed by atoms with E-state index in [4.69, 9.17) is 0 Å². The van der Waals surface area contributed by atoms with Gasteiger partial charge in [-0.15, -0.1) is 0 Å². The molecule has 0 aliphatic heterocycles. The van der Waals surface area contributed by atoms with E-state index in [0.29, 0.717) is 18.2 Å². The summed E-state index contributed by atoms with van der Waals surface area (Å²) >= 11 is 0. The second kappa shape index (κ2) is 7.41. The molecule has 0 aliphatic carbocycles. The van der Waals surface area contributed by atoms with Crippen molar-refractivity contribution in [3.8, 4) is 5.82 Å². The second-order valence-corrected chi connectivity index (χ2v) is 6.49. The zero-order valence-corrected chi connectivity index (χ0v) is 15.4. The summed E-state index contributed by atoms with van der Waals surface area (Å²) in [7, 11) is 0. The first-order valence-electron chi connectivity index (χ1n) is 8.82. The van der Waals surface area contributed by atoms with Gasteiger partial charge in [0, 0.05) is 24.0 Å². The third-order valence-corrected chi connectivity index (χ3v) is 4.20. The highest BCUT2D eigenvalue weighted by Gasteiger charge is 2.07. The van der Waals surface area contributed by atoms with Crippen molar-refractivity contribution in [2.45, 2.75) is 26.9 Å². The monoisotopic (exact) mass is 359 g/mol. The van der Waals surface area contributed by atoms with E-state index in [2.05, 4.69) is 37.6 Å². The lowest BCUT2D eigenvalue weighted by Crippen LogP contribution is -2.07. The lowest BCUT2D eigenvalue weighted by molar-refractivity contribution is 0.686. The molecule has 0 amide bonds. The Morgan fingerprint density at radius 1 is 1.00 bits per heavy atom. The van der Waals surface area contributed by atoms with Crippen molar-refractivity contribution >= 4 is 5.82 Å². The molecule has 0 saturated heterocycles. The number of rotatable bonds is 6. The first-order chi connectivity index (χ1) is 13.2. The SMILES string of the molecule is Cc1cc(C)n(-c2cncc(NCc3cnn(Cc4ccccc4)c3)n2)n1. The highest BCUT2D eigenvalue weighted by molar-refractivity contribution is 5.37. The summed E-state index contributed by atoms with van der Waals surface area (Å²) in [5.41, 5.74) is 4.30. The van der Waals surface area contributed by atoms with Gasteiger partial charge in [-0.2, -0.15) is 10.2 Å². The molecule has 0 atom stereocenters. The summed E-state index contributed by atoms with van der Waals surface area (Å²) in [6.45, 7) is 5.35. The molecule has 0 fully saturated rings. The van der Waals surface area contributed by atoms with Gasteiger partial charge in [0.15, 0.2) is 5.82 Å². The minimum absolute atomic E-state index is 0.629. The van der Waals surface area contributed by atoms with Crippen molar-refractivity contribution in [3.05, 3.63) is 83.7 Å². The van der Waals surface area contributed by atoms with Crippen LogP contribution in [0.25, 0.3) is 5.82 Å². The van der Waals surface area contributed by atoms with Crippen LogP contribution in [0.3, 0.4) is 0 Å². The van der Waals surface area contributed by atoms with Gasteiger partial charge in [-0.1, -0.05) is 30.3 Å². The highest BCUT2D eigenvalue weighted by atomic mass is 15.3. The Balaban J connectivity index is 1.42. The van der Waals surface area contributed by atoms with Gasteiger partial charge in [-0.25, -0.2) is 9.67 Å². The van der Waals surface area contributed by atoms with Gasteiger partial charge in [0.25, 0.3) is 0 Å². The molecule has 1 N–H and O–H groups in total. The normalized spacial score (nSPS) is 10.9. The average Bonchev–Trinajstić information content (AvgIpc) is 3.26. The van der Waals surface area contributed by atoms with Crippen molar-refractivity contribution in [2.24, 2.45) is 0 Å². The Morgan fingerprint density at radius 3 is 2.63 bits per heavy atom. The number of nitrogens with zero attached hydrogens (tertiary/aromatic N) is 6. The van der Waals surface area contributed by atoms with E-state index in [0.717, 1.165) is 23.5 Å². The summed E-state index contributed by atoms with van der Waals surface area (Å²) in [6.07, 6.45) is 7.33. The van der Waals surface area contributed by atoms with Gasteiger partial charge in [0.05, 0.1) is 30.8 Å². The third kappa shape index (κ3) is 4.03. The Labute approximate surface area is 157 Å². The summed E-state index contributed by atoms with van der Waals surface area (Å²) in [5, 5.41) is 12.2. The van der Waals surface area contributed by atoms with Crippen LogP contribution < -0.4 is 5.32 Å². The van der Waals surface area contributed by atoms with Gasteiger partial charge in [0.2, 0.25) is 0 Å². The number of nitrogens with one attached hydrogen (secondary N) is 1. The summed E-state index contributed by atoms with van der Waals surface area (Å²) in [6, 6.07) is 12.3. The van der Waals surface area contributed by atoms with Crippen LogP contribution in [0.5, 0.6) is 0 Å². The molecule has 0 spiro atoms. The molecule has 0 radical (unpaired) electrons. The fourth-order valence-corrected chi connectivity index (χ4v) is 2.95. The molecule has 1 aromatic carbocycles. The average molecular weight is 359 g/mol. The smallest absolute Gasteiger partial charge is 0.174 e. The van der Waals surface area contributed by atoms with Crippen LogP contribution in [0.2, 0.25) is 0 Å². The molecular formula is C20H21N7. The lowest BCUT2D eigenvalue weighted by Gasteiger charge is -2.07. The molecule has 4 aromatic rings. The first kappa shape index (κ1) is 17.0. The number of anilines is 1. The number of hydrogen-bond donors (Lipinski definition) is 1. The quantitative estimate of drug-likeness (QED) is 0.572. The number of aromatic nitrogens is 6. The Kier molecular flexibility index (Phi) is 4.65. The minimum atomic E-state index is 0.629. The van der Waals surface area contributed by atoms with Gasteiger partial charge in [-0.3, -0.25) is 9.67 Å². The second-order valence-electron chi connectivity index (χ2n) is 6.49. The van der Waals surface area contributed by atoms with E-state index in [-0.39, 0.29) is 0 Å². The van der Waals surface area contributed by atoms with Crippen molar-refractivity contribution < 1.29 is 0 Å². The molecule has 3 aromatic heterocycles. The van der Waals surface area contributed by atoms with Gasteiger partial charge >= 0.3 is 0 Å². The van der Waals surface area contributed by atoms with E-state index in [1.54, 1.807) is 17.1 Å². The van der Waals surface area contributed by atoms with E-state index < -0.39 is 0 Å². The Morgan fingerprint density at radius 2 is 1.85 bits per heavy atom. The van der Waals surface area contributed by atoms with Crippen LogP contribution in [0.15, 0.2) is 61.2 Å². The highest BCUT2D eigenvalue weighted by Crippen LogP contribution is 2.12. The summed E-state index contributed by atoms with van der Waals surface area (Å²) < 4.78 is 3.73. The van der Waals surface area contributed by atoms with Crippen LogP contribution in [-0.4, -0.2) is 29.5 Å². The lowest BCUT2D eigenvalue weighted by atomic mass is 10.2. The molecule has 7 heteroatoms. The molecule has 0 unspecified atom stereocenters. The predicted molar refractivity (Wildman–Crippen MR) is 104 cm³/mol. The van der Waals surface area contributed by atoms with E-state index >= 15 is 0 Å². The van der Waals surface area contributed by atoms with E-state index in [9.17, 15) is 0 Å². The Bertz CT molecular complexity index is 1030. The van der Waals surface area contributed by atoms with Gasteiger partial charge in [-0.05, 0) is 25.5 Å². The van der Waals surface area contributed by atoms with Crippen LogP contribution >= 0.6 is 0 Å². The molecule has 27 heavy (non-hydrogen) atoms. The summed E-state index contributed by atoms with van der Waals surface area (Å²) in [5.74, 6) is 1.40. The molecular weight excluding hydrogens is 338 g/mol. The zero-order valence-electron chi connectivity index (χ0n) is 15.4. The zero-order chi connectivity index (χ0) is 18.6. The molecule has 136 valence electrons. The molecule has 0 aliphatic rings. The molecule has 0 saturated carbocycles. The van der Waals surface area contributed by atoms with Crippen molar-refractivity contribution in [2.75, 3.05) is 5.32 Å². The fourth-order valence-electron chi connectivity index (χ4n) is 2.95. The van der Waals surface area contributed by atoms with Crippen LogP contribution in [0.1, 0.15) is 22.5 Å². The van der Waals surface area contributed by atoms with E-state index in [1.165, 1.54) is 5.56 Å². The van der Waals surface area contributed by atoms with E-state index in [1.807, 2.05) is 55.2 Å². The number of aryl methyl sites for hydroxylation is 2.